The first-order valence-electron chi connectivity index (χ1n) is 6.64. The molecule has 0 fully saturated rings. The van der Waals surface area contributed by atoms with Gasteiger partial charge in [0.2, 0.25) is 5.89 Å². The summed E-state index contributed by atoms with van der Waals surface area (Å²) in [6.45, 7) is 6.58. The average Bonchev–Trinajstić information content (AvgIpc) is 3.09. The minimum absolute atomic E-state index is 0.159. The summed E-state index contributed by atoms with van der Waals surface area (Å²) in [5.41, 5.74) is 0.551. The van der Waals surface area contributed by atoms with Crippen LogP contribution in [0, 0.1) is 0 Å². The zero-order valence-electron chi connectivity index (χ0n) is 12.2. The van der Waals surface area contributed by atoms with E-state index in [0.29, 0.717) is 24.0 Å². The number of nitrogens with zero attached hydrogens (tertiary/aromatic N) is 6. The van der Waals surface area contributed by atoms with E-state index in [2.05, 4.69) is 25.1 Å². The van der Waals surface area contributed by atoms with Gasteiger partial charge in [-0.3, -0.25) is 4.98 Å². The Labute approximate surface area is 122 Å². The number of hydrogen-bond donors (Lipinski definition) is 0. The molecule has 3 rings (SSSR count). The summed E-state index contributed by atoms with van der Waals surface area (Å²) in [6, 6.07) is 0. The van der Waals surface area contributed by atoms with Crippen molar-refractivity contribution >= 4 is 0 Å². The molecule has 0 saturated heterocycles. The van der Waals surface area contributed by atoms with Gasteiger partial charge in [-0.05, 0) is 0 Å². The summed E-state index contributed by atoms with van der Waals surface area (Å²) < 4.78 is 7.22. The van der Waals surface area contributed by atoms with Crippen molar-refractivity contribution in [2.75, 3.05) is 0 Å². The second kappa shape index (κ2) is 5.08. The van der Waals surface area contributed by atoms with Gasteiger partial charge < -0.3 is 9.09 Å². The molecule has 108 valence electrons. The first-order chi connectivity index (χ1) is 10.0. The van der Waals surface area contributed by atoms with Crippen molar-refractivity contribution in [2.45, 2.75) is 32.7 Å². The summed E-state index contributed by atoms with van der Waals surface area (Å²) in [4.78, 5) is 17.1. The van der Waals surface area contributed by atoms with E-state index in [4.69, 9.17) is 4.52 Å². The molecule has 7 heteroatoms. The van der Waals surface area contributed by atoms with E-state index in [1.54, 1.807) is 24.8 Å². The monoisotopic (exact) mass is 284 g/mol. The molecule has 0 unspecified atom stereocenters. The van der Waals surface area contributed by atoms with Crippen LogP contribution in [0.2, 0.25) is 0 Å². The van der Waals surface area contributed by atoms with Gasteiger partial charge in [0, 0.05) is 30.2 Å². The molecule has 3 aromatic heterocycles. The van der Waals surface area contributed by atoms with Gasteiger partial charge in [-0.2, -0.15) is 4.98 Å². The van der Waals surface area contributed by atoms with E-state index in [9.17, 15) is 0 Å². The van der Waals surface area contributed by atoms with E-state index in [1.165, 1.54) is 0 Å². The number of rotatable bonds is 3. The summed E-state index contributed by atoms with van der Waals surface area (Å²) in [6.07, 6.45) is 8.52. The normalized spacial score (nSPS) is 11.8. The van der Waals surface area contributed by atoms with E-state index >= 15 is 0 Å². The van der Waals surface area contributed by atoms with Crippen LogP contribution in [0.1, 0.15) is 32.5 Å². The first kappa shape index (κ1) is 13.4. The zero-order chi connectivity index (χ0) is 14.9. The molecule has 7 nitrogen and oxygen atoms in total. The summed E-state index contributed by atoms with van der Waals surface area (Å²) in [5, 5.41) is 4.02. The SMILES string of the molecule is CC(C)(C)c1nc(Cn2ccnc2-c2cnccn2)no1. The highest BCUT2D eigenvalue weighted by Crippen LogP contribution is 2.20. The Bertz CT molecular complexity index is 725. The van der Waals surface area contributed by atoms with Gasteiger partial charge >= 0.3 is 0 Å². The largest absolute Gasteiger partial charge is 0.339 e. The fourth-order valence-electron chi connectivity index (χ4n) is 1.86. The van der Waals surface area contributed by atoms with Crippen LogP contribution in [-0.4, -0.2) is 29.7 Å². The van der Waals surface area contributed by atoms with Gasteiger partial charge in [0.25, 0.3) is 0 Å². The smallest absolute Gasteiger partial charge is 0.232 e. The van der Waals surface area contributed by atoms with Gasteiger partial charge in [-0.15, -0.1) is 0 Å². The topological polar surface area (TPSA) is 82.5 Å². The minimum Gasteiger partial charge on any atom is -0.339 e. The third kappa shape index (κ3) is 2.81. The third-order valence-electron chi connectivity index (χ3n) is 2.93. The van der Waals surface area contributed by atoms with Gasteiger partial charge in [0.15, 0.2) is 11.6 Å². The maximum atomic E-state index is 5.30. The quantitative estimate of drug-likeness (QED) is 0.732. The highest BCUT2D eigenvalue weighted by Gasteiger charge is 2.22. The van der Waals surface area contributed by atoms with Crippen molar-refractivity contribution < 1.29 is 4.52 Å². The lowest BCUT2D eigenvalue weighted by molar-refractivity contribution is 0.318. The van der Waals surface area contributed by atoms with E-state index in [-0.39, 0.29) is 5.41 Å². The molecular weight excluding hydrogens is 268 g/mol. The van der Waals surface area contributed by atoms with Crippen molar-refractivity contribution in [3.63, 3.8) is 0 Å². The van der Waals surface area contributed by atoms with E-state index in [0.717, 1.165) is 5.82 Å². The molecule has 0 N–H and O–H groups in total. The third-order valence-corrected chi connectivity index (χ3v) is 2.93. The highest BCUT2D eigenvalue weighted by molar-refractivity contribution is 5.47. The summed E-state index contributed by atoms with van der Waals surface area (Å²) in [5.74, 6) is 1.96. The van der Waals surface area contributed by atoms with Crippen molar-refractivity contribution in [2.24, 2.45) is 0 Å². The Balaban J connectivity index is 1.87. The molecular formula is C14H16N6O. The first-order valence-corrected chi connectivity index (χ1v) is 6.64. The second-order valence-electron chi connectivity index (χ2n) is 5.74. The Morgan fingerprint density at radius 1 is 1.14 bits per heavy atom. The lowest BCUT2D eigenvalue weighted by atomic mass is 9.97. The van der Waals surface area contributed by atoms with Gasteiger partial charge in [0.05, 0.1) is 12.7 Å². The van der Waals surface area contributed by atoms with Crippen molar-refractivity contribution in [1.82, 2.24) is 29.7 Å². The van der Waals surface area contributed by atoms with Crippen LogP contribution in [0.4, 0.5) is 0 Å². The summed E-state index contributed by atoms with van der Waals surface area (Å²) in [7, 11) is 0. The molecule has 0 aromatic carbocycles. The van der Waals surface area contributed by atoms with Crippen LogP contribution in [0.15, 0.2) is 35.5 Å². The van der Waals surface area contributed by atoms with Crippen LogP contribution < -0.4 is 0 Å². The Kier molecular flexibility index (Phi) is 3.25. The molecule has 0 aliphatic heterocycles. The average molecular weight is 284 g/mol. The molecule has 0 radical (unpaired) electrons. The lowest BCUT2D eigenvalue weighted by Gasteiger charge is -2.10. The molecule has 0 saturated carbocycles. The number of aromatic nitrogens is 6. The summed E-state index contributed by atoms with van der Waals surface area (Å²) >= 11 is 0. The maximum Gasteiger partial charge on any atom is 0.232 e. The molecule has 0 aliphatic rings. The Hall–Kier alpha value is -2.57. The predicted octanol–water partition coefficient (Wildman–Crippen LogP) is 2.07. The van der Waals surface area contributed by atoms with Crippen molar-refractivity contribution in [3.8, 4) is 11.5 Å². The molecule has 0 bridgehead atoms. The van der Waals surface area contributed by atoms with Crippen LogP contribution in [0.3, 0.4) is 0 Å². The van der Waals surface area contributed by atoms with Crippen molar-refractivity contribution in [1.29, 1.82) is 0 Å². The molecule has 0 amide bonds. The van der Waals surface area contributed by atoms with E-state index in [1.807, 2.05) is 31.5 Å². The zero-order valence-corrected chi connectivity index (χ0v) is 12.2. The molecule has 3 aromatic rings. The van der Waals surface area contributed by atoms with Crippen molar-refractivity contribution in [3.05, 3.63) is 42.7 Å². The minimum atomic E-state index is -0.159. The standard InChI is InChI=1S/C14H16N6O/c1-14(2,3)13-18-11(19-21-13)9-20-7-6-17-12(20)10-8-15-4-5-16-10/h4-8H,9H2,1-3H3. The molecule has 0 aliphatic carbocycles. The van der Waals surface area contributed by atoms with Gasteiger partial charge in [-0.1, -0.05) is 25.9 Å². The van der Waals surface area contributed by atoms with Crippen LogP contribution in [0.25, 0.3) is 11.5 Å². The molecule has 0 atom stereocenters. The lowest BCUT2D eigenvalue weighted by Crippen LogP contribution is -2.12. The molecule has 3 heterocycles. The fourth-order valence-corrected chi connectivity index (χ4v) is 1.86. The van der Waals surface area contributed by atoms with Crippen LogP contribution in [-0.2, 0) is 12.0 Å². The van der Waals surface area contributed by atoms with Gasteiger partial charge in [-0.25, -0.2) is 9.97 Å². The Morgan fingerprint density at radius 3 is 2.67 bits per heavy atom. The fraction of sp³-hybridized carbons (Fsp3) is 0.357. The molecule has 21 heavy (non-hydrogen) atoms. The number of hydrogen-bond acceptors (Lipinski definition) is 6. The molecule has 0 spiro atoms. The predicted molar refractivity (Wildman–Crippen MR) is 75.4 cm³/mol. The second-order valence-corrected chi connectivity index (χ2v) is 5.74. The van der Waals surface area contributed by atoms with Crippen LogP contribution >= 0.6 is 0 Å². The number of imidazole rings is 1. The van der Waals surface area contributed by atoms with Crippen LogP contribution in [0.5, 0.6) is 0 Å². The Morgan fingerprint density at radius 2 is 2.00 bits per heavy atom. The highest BCUT2D eigenvalue weighted by atomic mass is 16.5. The van der Waals surface area contributed by atoms with Gasteiger partial charge in [0.1, 0.15) is 5.69 Å². The van der Waals surface area contributed by atoms with E-state index < -0.39 is 0 Å². The maximum absolute atomic E-state index is 5.30.